The van der Waals surface area contributed by atoms with Crippen LogP contribution in [0.4, 0.5) is 0 Å². The Morgan fingerprint density at radius 1 is 0.964 bits per heavy atom. The predicted molar refractivity (Wildman–Crippen MR) is 112 cm³/mol. The Hall–Kier alpha value is -2.10. The van der Waals surface area contributed by atoms with Crippen molar-refractivity contribution in [1.82, 2.24) is 0 Å². The molecule has 0 bridgehead atoms. The second kappa shape index (κ2) is 12.4. The van der Waals surface area contributed by atoms with Gasteiger partial charge in [0.2, 0.25) is 0 Å². The molecule has 1 aliphatic carbocycles. The summed E-state index contributed by atoms with van der Waals surface area (Å²) in [5.41, 5.74) is 0. The van der Waals surface area contributed by atoms with Crippen LogP contribution in [0.5, 0.6) is 11.5 Å². The summed E-state index contributed by atoms with van der Waals surface area (Å²) >= 11 is 0. The van der Waals surface area contributed by atoms with Gasteiger partial charge in [-0.2, -0.15) is 0 Å². The molecule has 0 heterocycles. The Kier molecular flexibility index (Phi) is 9.81. The number of unbranched alkanes of at least 4 members (excludes halogenated alkanes) is 4. The van der Waals surface area contributed by atoms with Crippen molar-refractivity contribution in [2.45, 2.75) is 71.1 Å². The molecular weight excluding hydrogens is 352 g/mol. The van der Waals surface area contributed by atoms with Gasteiger partial charge in [-0.25, -0.2) is 0 Å². The van der Waals surface area contributed by atoms with Crippen LogP contribution in [0, 0.1) is 11.8 Å². The third-order valence-electron chi connectivity index (χ3n) is 5.46. The van der Waals surface area contributed by atoms with E-state index in [2.05, 4.69) is 13.5 Å². The number of carbonyl (C=O) groups is 2. The number of esters is 1. The van der Waals surface area contributed by atoms with Crippen molar-refractivity contribution < 1.29 is 19.1 Å². The van der Waals surface area contributed by atoms with E-state index in [0.29, 0.717) is 18.8 Å². The van der Waals surface area contributed by atoms with Crippen LogP contribution in [0.15, 0.2) is 36.9 Å². The van der Waals surface area contributed by atoms with Gasteiger partial charge in [0.15, 0.2) is 5.78 Å². The van der Waals surface area contributed by atoms with E-state index in [1.807, 2.05) is 12.1 Å². The number of carbonyl (C=O) groups excluding carboxylic acids is 2. The van der Waals surface area contributed by atoms with Crippen LogP contribution < -0.4 is 9.47 Å². The number of rotatable bonds is 12. The minimum absolute atomic E-state index is 0.0435. The monoisotopic (exact) mass is 386 g/mol. The van der Waals surface area contributed by atoms with E-state index in [1.165, 1.54) is 6.08 Å². The van der Waals surface area contributed by atoms with Gasteiger partial charge < -0.3 is 9.47 Å². The van der Waals surface area contributed by atoms with E-state index < -0.39 is 0 Å². The molecule has 1 fully saturated rings. The molecule has 2 rings (SSSR count). The van der Waals surface area contributed by atoms with Crippen LogP contribution in [-0.4, -0.2) is 18.4 Å². The second-order valence-corrected chi connectivity index (χ2v) is 7.89. The van der Waals surface area contributed by atoms with E-state index in [0.717, 1.165) is 69.5 Å². The summed E-state index contributed by atoms with van der Waals surface area (Å²) in [5.74, 6) is 2.18. The van der Waals surface area contributed by atoms with Gasteiger partial charge in [-0.15, -0.1) is 0 Å². The first-order valence-corrected chi connectivity index (χ1v) is 10.7. The average molecular weight is 387 g/mol. The van der Waals surface area contributed by atoms with Gasteiger partial charge in [-0.3, -0.25) is 9.59 Å². The molecular formula is C24H34O4. The van der Waals surface area contributed by atoms with Crippen molar-refractivity contribution in [3.63, 3.8) is 0 Å². The highest BCUT2D eigenvalue weighted by atomic mass is 16.5. The average Bonchev–Trinajstić information content (AvgIpc) is 2.71. The molecule has 28 heavy (non-hydrogen) atoms. The summed E-state index contributed by atoms with van der Waals surface area (Å²) < 4.78 is 11.3. The van der Waals surface area contributed by atoms with Gasteiger partial charge in [0.05, 0.1) is 12.5 Å². The first-order chi connectivity index (χ1) is 13.6. The van der Waals surface area contributed by atoms with Crippen molar-refractivity contribution in [2.24, 2.45) is 11.8 Å². The Morgan fingerprint density at radius 3 is 2.25 bits per heavy atom. The lowest BCUT2D eigenvalue weighted by atomic mass is 9.83. The summed E-state index contributed by atoms with van der Waals surface area (Å²) in [7, 11) is 0. The molecule has 0 spiro atoms. The minimum Gasteiger partial charge on any atom is -0.494 e. The third kappa shape index (κ3) is 8.28. The maximum absolute atomic E-state index is 12.3. The van der Waals surface area contributed by atoms with Gasteiger partial charge in [0, 0.05) is 6.42 Å². The standard InChI is InChI=1S/C24H34O4/c1-3-21(25)9-7-5-4-6-8-18-27-22-14-16-23(17-15-22)28-24(26)20-12-10-19(2)11-13-20/h3,14-17,19-20H,1,4-13,18H2,2H3. The molecule has 0 N–H and O–H groups in total. The van der Waals surface area contributed by atoms with Crippen LogP contribution >= 0.6 is 0 Å². The lowest BCUT2D eigenvalue weighted by Crippen LogP contribution is -2.24. The first kappa shape index (κ1) is 22.2. The van der Waals surface area contributed by atoms with E-state index in [-0.39, 0.29) is 17.7 Å². The highest BCUT2D eigenvalue weighted by Crippen LogP contribution is 2.29. The number of benzene rings is 1. The van der Waals surface area contributed by atoms with Gasteiger partial charge in [0.1, 0.15) is 11.5 Å². The van der Waals surface area contributed by atoms with Crippen LogP contribution in [0.25, 0.3) is 0 Å². The van der Waals surface area contributed by atoms with Crippen molar-refractivity contribution in [3.8, 4) is 11.5 Å². The molecule has 0 aromatic heterocycles. The molecule has 4 nitrogen and oxygen atoms in total. The fourth-order valence-corrected chi connectivity index (χ4v) is 3.52. The van der Waals surface area contributed by atoms with Crippen LogP contribution in [-0.2, 0) is 9.59 Å². The zero-order valence-corrected chi connectivity index (χ0v) is 17.2. The maximum Gasteiger partial charge on any atom is 0.314 e. The SMILES string of the molecule is C=CC(=O)CCCCCCCOc1ccc(OC(=O)C2CCC(C)CC2)cc1. The summed E-state index contributed by atoms with van der Waals surface area (Å²) in [6, 6.07) is 7.31. The van der Waals surface area contributed by atoms with E-state index in [1.54, 1.807) is 12.1 Å². The molecule has 0 amide bonds. The molecule has 1 aliphatic rings. The molecule has 1 saturated carbocycles. The van der Waals surface area contributed by atoms with Crippen LogP contribution in [0.3, 0.4) is 0 Å². The number of allylic oxidation sites excluding steroid dienone is 1. The Balaban J connectivity index is 1.57. The quantitative estimate of drug-likeness (QED) is 0.194. The fraction of sp³-hybridized carbons (Fsp3) is 0.583. The van der Waals surface area contributed by atoms with Gasteiger partial charge >= 0.3 is 5.97 Å². The summed E-state index contributed by atoms with van der Waals surface area (Å²) in [4.78, 5) is 23.4. The van der Waals surface area contributed by atoms with Crippen molar-refractivity contribution in [1.29, 1.82) is 0 Å². The molecule has 1 aromatic carbocycles. The third-order valence-corrected chi connectivity index (χ3v) is 5.46. The van der Waals surface area contributed by atoms with E-state index in [4.69, 9.17) is 9.47 Å². The van der Waals surface area contributed by atoms with Crippen molar-refractivity contribution in [3.05, 3.63) is 36.9 Å². The van der Waals surface area contributed by atoms with Crippen LogP contribution in [0.1, 0.15) is 71.1 Å². The number of hydrogen-bond donors (Lipinski definition) is 0. The molecule has 154 valence electrons. The minimum atomic E-state index is -0.102. The predicted octanol–water partition coefficient (Wildman–Crippen LogP) is 5.89. The zero-order chi connectivity index (χ0) is 20.2. The molecule has 0 radical (unpaired) electrons. The maximum atomic E-state index is 12.3. The summed E-state index contributed by atoms with van der Waals surface area (Å²) in [6.07, 6.45) is 11.3. The number of ketones is 1. The molecule has 0 atom stereocenters. The lowest BCUT2D eigenvalue weighted by Gasteiger charge is -2.24. The van der Waals surface area contributed by atoms with Gasteiger partial charge in [-0.05, 0) is 74.8 Å². The van der Waals surface area contributed by atoms with Gasteiger partial charge in [-0.1, -0.05) is 32.8 Å². The Labute approximate surface area is 169 Å². The largest absolute Gasteiger partial charge is 0.494 e. The zero-order valence-electron chi connectivity index (χ0n) is 17.2. The van der Waals surface area contributed by atoms with Gasteiger partial charge in [0.25, 0.3) is 0 Å². The Morgan fingerprint density at radius 2 is 1.57 bits per heavy atom. The topological polar surface area (TPSA) is 52.6 Å². The number of hydrogen-bond acceptors (Lipinski definition) is 4. The first-order valence-electron chi connectivity index (χ1n) is 10.7. The smallest absolute Gasteiger partial charge is 0.314 e. The van der Waals surface area contributed by atoms with Crippen molar-refractivity contribution in [2.75, 3.05) is 6.61 Å². The van der Waals surface area contributed by atoms with Crippen LogP contribution in [0.2, 0.25) is 0 Å². The summed E-state index contributed by atoms with van der Waals surface area (Å²) in [6.45, 7) is 6.40. The van der Waals surface area contributed by atoms with E-state index in [9.17, 15) is 9.59 Å². The fourth-order valence-electron chi connectivity index (χ4n) is 3.52. The normalized spacial score (nSPS) is 19.0. The number of ether oxygens (including phenoxy) is 2. The Bertz CT molecular complexity index is 612. The summed E-state index contributed by atoms with van der Waals surface area (Å²) in [5, 5.41) is 0. The highest BCUT2D eigenvalue weighted by Gasteiger charge is 2.25. The molecule has 0 aliphatic heterocycles. The highest BCUT2D eigenvalue weighted by molar-refractivity contribution is 5.88. The molecule has 0 unspecified atom stereocenters. The molecule has 1 aromatic rings. The van der Waals surface area contributed by atoms with Crippen molar-refractivity contribution >= 4 is 11.8 Å². The second-order valence-electron chi connectivity index (χ2n) is 7.89. The van der Waals surface area contributed by atoms with E-state index >= 15 is 0 Å². The lowest BCUT2D eigenvalue weighted by molar-refractivity contribution is -0.140. The molecule has 4 heteroatoms. The molecule has 0 saturated heterocycles.